The maximum absolute atomic E-state index is 13.4. The lowest BCUT2D eigenvalue weighted by Crippen LogP contribution is -2.08. The zero-order valence-electron chi connectivity index (χ0n) is 9.86. The van der Waals surface area contributed by atoms with Crippen molar-refractivity contribution in [2.75, 3.05) is 23.3 Å². The van der Waals surface area contributed by atoms with Crippen molar-refractivity contribution in [2.45, 2.75) is 6.42 Å². The molecule has 0 bridgehead atoms. The fourth-order valence-corrected chi connectivity index (χ4v) is 1.61. The van der Waals surface area contributed by atoms with Gasteiger partial charge in [-0.05, 0) is 30.2 Å². The molecule has 0 unspecified atom stereocenters. The zero-order valence-corrected chi connectivity index (χ0v) is 9.86. The third kappa shape index (κ3) is 2.88. The molecule has 18 heavy (non-hydrogen) atoms. The van der Waals surface area contributed by atoms with Crippen molar-refractivity contribution in [3.63, 3.8) is 0 Å². The van der Waals surface area contributed by atoms with Crippen LogP contribution in [-0.2, 0) is 6.42 Å². The predicted octanol–water partition coefficient (Wildman–Crippen LogP) is 2.04. The van der Waals surface area contributed by atoms with Gasteiger partial charge in [-0.1, -0.05) is 18.2 Å². The number of nitrogen functional groups attached to an aromatic ring is 2. The molecule has 5 N–H and O–H groups in total. The Balaban J connectivity index is 1.92. The van der Waals surface area contributed by atoms with Gasteiger partial charge in [-0.15, -0.1) is 0 Å². The summed E-state index contributed by atoms with van der Waals surface area (Å²) in [6, 6.07) is 10.1. The lowest BCUT2D eigenvalue weighted by molar-refractivity contribution is 0.610. The predicted molar refractivity (Wildman–Crippen MR) is 71.7 cm³/mol. The Morgan fingerprint density at radius 1 is 1.11 bits per heavy atom. The second-order valence-corrected chi connectivity index (χ2v) is 3.94. The molecule has 1 aromatic heterocycles. The lowest BCUT2D eigenvalue weighted by atomic mass is 10.1. The van der Waals surface area contributed by atoms with Crippen LogP contribution in [0.4, 0.5) is 21.7 Å². The number of rotatable bonds is 4. The summed E-state index contributed by atoms with van der Waals surface area (Å²) < 4.78 is 13.4. The molecule has 0 radical (unpaired) electrons. The molecule has 0 atom stereocenters. The van der Waals surface area contributed by atoms with Crippen molar-refractivity contribution < 1.29 is 4.39 Å². The number of nitrogens with one attached hydrogen (secondary N) is 1. The first-order valence-corrected chi connectivity index (χ1v) is 5.66. The van der Waals surface area contributed by atoms with Crippen LogP contribution in [-0.4, -0.2) is 11.5 Å². The first kappa shape index (κ1) is 12.2. The molecule has 0 saturated carbocycles. The molecule has 0 spiro atoms. The molecule has 5 heteroatoms. The Labute approximate surface area is 105 Å². The molecule has 0 saturated heterocycles. The molecular weight excluding hydrogens is 231 g/mol. The van der Waals surface area contributed by atoms with E-state index in [9.17, 15) is 4.39 Å². The number of pyridine rings is 1. The van der Waals surface area contributed by atoms with Crippen LogP contribution in [0.2, 0.25) is 0 Å². The Morgan fingerprint density at radius 3 is 2.61 bits per heavy atom. The fraction of sp³-hybridized carbons (Fsp3) is 0.154. The second kappa shape index (κ2) is 5.35. The highest BCUT2D eigenvalue weighted by Gasteiger charge is 2.01. The summed E-state index contributed by atoms with van der Waals surface area (Å²) in [7, 11) is 0. The number of nitrogens with zero attached hydrogens (tertiary/aromatic N) is 1. The van der Waals surface area contributed by atoms with Gasteiger partial charge in [0.05, 0.1) is 5.69 Å². The highest BCUT2D eigenvalue weighted by atomic mass is 19.1. The molecular formula is C13H15FN4. The summed E-state index contributed by atoms with van der Waals surface area (Å²) >= 11 is 0. The Morgan fingerprint density at radius 2 is 1.89 bits per heavy atom. The number of hydrogen-bond acceptors (Lipinski definition) is 4. The molecule has 2 aromatic rings. The van der Waals surface area contributed by atoms with Crippen molar-refractivity contribution in [3.05, 3.63) is 47.8 Å². The number of anilines is 3. The lowest BCUT2D eigenvalue weighted by Gasteiger charge is -2.07. The van der Waals surface area contributed by atoms with Gasteiger partial charge in [0.15, 0.2) is 0 Å². The summed E-state index contributed by atoms with van der Waals surface area (Å²) in [6.07, 6.45) is 0.582. The molecule has 94 valence electrons. The molecule has 1 heterocycles. The average molecular weight is 246 g/mol. The van der Waals surface area contributed by atoms with Gasteiger partial charge >= 0.3 is 0 Å². The van der Waals surface area contributed by atoms with Crippen molar-refractivity contribution in [1.29, 1.82) is 0 Å². The van der Waals surface area contributed by atoms with E-state index >= 15 is 0 Å². The number of halogens is 1. The summed E-state index contributed by atoms with van der Waals surface area (Å²) in [5.74, 6) is 0.744. The second-order valence-electron chi connectivity index (χ2n) is 3.94. The number of aromatic nitrogens is 1. The number of nitrogens with two attached hydrogens (primary N) is 2. The molecule has 0 amide bonds. The van der Waals surface area contributed by atoms with Gasteiger partial charge in [0.1, 0.15) is 17.5 Å². The van der Waals surface area contributed by atoms with Crippen LogP contribution in [0.3, 0.4) is 0 Å². The van der Waals surface area contributed by atoms with Crippen LogP contribution in [0.1, 0.15) is 5.56 Å². The van der Waals surface area contributed by atoms with Crippen LogP contribution in [0.5, 0.6) is 0 Å². The molecule has 4 nitrogen and oxygen atoms in total. The SMILES string of the molecule is Nc1ccc(NCCc2ccccc2F)nc1N. The quantitative estimate of drug-likeness (QED) is 0.771. The van der Waals surface area contributed by atoms with E-state index in [4.69, 9.17) is 11.5 Å². The summed E-state index contributed by atoms with van der Waals surface area (Å²) in [6.45, 7) is 0.581. The van der Waals surface area contributed by atoms with Crippen LogP contribution >= 0.6 is 0 Å². The molecule has 0 aliphatic rings. The number of hydrogen-bond donors (Lipinski definition) is 3. The van der Waals surface area contributed by atoms with Gasteiger partial charge in [-0.2, -0.15) is 0 Å². The van der Waals surface area contributed by atoms with Gasteiger partial charge in [-0.3, -0.25) is 0 Å². The highest BCUT2D eigenvalue weighted by molar-refractivity contribution is 5.61. The standard InChI is InChI=1S/C13H15FN4/c14-10-4-2-1-3-9(10)7-8-17-12-6-5-11(15)13(16)18-12/h1-6H,7-8,15H2,(H3,16,17,18). The van der Waals surface area contributed by atoms with Crippen molar-refractivity contribution in [1.82, 2.24) is 4.98 Å². The summed E-state index contributed by atoms with van der Waals surface area (Å²) in [5, 5.41) is 3.08. The normalized spacial score (nSPS) is 10.3. The van der Waals surface area contributed by atoms with E-state index in [1.165, 1.54) is 6.07 Å². The van der Waals surface area contributed by atoms with E-state index in [1.54, 1.807) is 24.3 Å². The van der Waals surface area contributed by atoms with E-state index in [-0.39, 0.29) is 5.82 Å². The van der Waals surface area contributed by atoms with Gasteiger partial charge < -0.3 is 16.8 Å². The van der Waals surface area contributed by atoms with Gasteiger partial charge in [0.25, 0.3) is 0 Å². The van der Waals surface area contributed by atoms with Crippen molar-refractivity contribution >= 4 is 17.3 Å². The van der Waals surface area contributed by atoms with Crippen molar-refractivity contribution in [3.8, 4) is 0 Å². The maximum Gasteiger partial charge on any atom is 0.149 e. The van der Waals surface area contributed by atoms with Crippen LogP contribution in [0, 0.1) is 5.82 Å². The largest absolute Gasteiger partial charge is 0.396 e. The topological polar surface area (TPSA) is 77.0 Å². The molecule has 2 rings (SSSR count). The maximum atomic E-state index is 13.4. The molecule has 1 aromatic carbocycles. The van der Waals surface area contributed by atoms with Gasteiger partial charge in [0, 0.05) is 6.54 Å². The minimum absolute atomic E-state index is 0.191. The Hall–Kier alpha value is -2.30. The third-order valence-corrected chi connectivity index (χ3v) is 2.62. The van der Waals surface area contributed by atoms with E-state index in [0.29, 0.717) is 35.9 Å². The van der Waals surface area contributed by atoms with E-state index < -0.39 is 0 Å². The first-order valence-electron chi connectivity index (χ1n) is 5.66. The van der Waals surface area contributed by atoms with Crippen LogP contribution in [0.15, 0.2) is 36.4 Å². The summed E-state index contributed by atoms with van der Waals surface area (Å²) in [4.78, 5) is 4.07. The minimum Gasteiger partial charge on any atom is -0.396 e. The Kier molecular flexibility index (Phi) is 3.62. The summed E-state index contributed by atoms with van der Waals surface area (Å²) in [5.41, 5.74) is 12.3. The van der Waals surface area contributed by atoms with Crippen LogP contribution in [0.25, 0.3) is 0 Å². The van der Waals surface area contributed by atoms with Gasteiger partial charge in [0.2, 0.25) is 0 Å². The first-order chi connectivity index (χ1) is 8.66. The van der Waals surface area contributed by atoms with E-state index in [2.05, 4.69) is 10.3 Å². The third-order valence-electron chi connectivity index (χ3n) is 2.62. The van der Waals surface area contributed by atoms with Crippen LogP contribution < -0.4 is 16.8 Å². The average Bonchev–Trinajstić information content (AvgIpc) is 2.36. The van der Waals surface area contributed by atoms with Crippen molar-refractivity contribution in [2.24, 2.45) is 0 Å². The molecule has 0 fully saturated rings. The smallest absolute Gasteiger partial charge is 0.149 e. The van der Waals surface area contributed by atoms with Gasteiger partial charge in [-0.25, -0.2) is 9.37 Å². The minimum atomic E-state index is -0.191. The highest BCUT2D eigenvalue weighted by Crippen LogP contribution is 2.14. The fourth-order valence-electron chi connectivity index (χ4n) is 1.61. The van der Waals surface area contributed by atoms with E-state index in [1.807, 2.05) is 6.07 Å². The zero-order chi connectivity index (χ0) is 13.0. The monoisotopic (exact) mass is 246 g/mol. The van der Waals surface area contributed by atoms with E-state index in [0.717, 1.165) is 0 Å². The Bertz CT molecular complexity index is 542. The molecule has 0 aliphatic heterocycles. The molecule has 0 aliphatic carbocycles. The number of benzene rings is 1.